The third-order valence-corrected chi connectivity index (χ3v) is 5.73. The van der Waals surface area contributed by atoms with Crippen LogP contribution in [0.2, 0.25) is 0 Å². The number of allylic oxidation sites excluding steroid dienone is 1. The molecule has 150 valence electrons. The molecule has 3 aromatic carbocycles. The summed E-state index contributed by atoms with van der Waals surface area (Å²) in [5, 5.41) is 11.5. The van der Waals surface area contributed by atoms with Crippen molar-refractivity contribution in [2.45, 2.75) is 11.7 Å². The van der Waals surface area contributed by atoms with E-state index in [1.165, 1.54) is 11.8 Å². The van der Waals surface area contributed by atoms with Crippen molar-refractivity contribution in [2.75, 3.05) is 12.9 Å². The van der Waals surface area contributed by atoms with Gasteiger partial charge in [0.2, 0.25) is 0 Å². The molecule has 30 heavy (non-hydrogen) atoms. The monoisotopic (exact) mass is 415 g/mol. The van der Waals surface area contributed by atoms with Crippen molar-refractivity contribution in [3.63, 3.8) is 0 Å². The lowest BCUT2D eigenvalue weighted by Crippen LogP contribution is -2.05. The van der Waals surface area contributed by atoms with E-state index in [2.05, 4.69) is 16.8 Å². The number of fused-ring (bicyclic) bond motifs is 1. The smallest absolute Gasteiger partial charge is 0.192 e. The number of hydrogen-bond acceptors (Lipinski definition) is 5. The van der Waals surface area contributed by atoms with E-state index in [4.69, 9.17) is 4.74 Å². The molecule has 0 aliphatic carbocycles. The first-order valence-electron chi connectivity index (χ1n) is 9.53. The Kier molecular flexibility index (Phi) is 5.95. The summed E-state index contributed by atoms with van der Waals surface area (Å²) >= 11 is 1.38. The van der Waals surface area contributed by atoms with Crippen LogP contribution in [0.1, 0.15) is 10.4 Å². The van der Waals surface area contributed by atoms with Crippen LogP contribution in [-0.2, 0) is 6.54 Å². The van der Waals surface area contributed by atoms with E-state index in [-0.39, 0.29) is 11.5 Å². The Balaban J connectivity index is 1.55. The number of thioether (sulfide) groups is 1. The van der Waals surface area contributed by atoms with Gasteiger partial charge in [-0.1, -0.05) is 66.4 Å². The fourth-order valence-corrected chi connectivity index (χ4v) is 4.08. The number of methoxy groups -OCH3 is 1. The summed E-state index contributed by atoms with van der Waals surface area (Å²) in [4.78, 5) is 12.8. The van der Waals surface area contributed by atoms with Crippen molar-refractivity contribution in [1.29, 1.82) is 0 Å². The van der Waals surface area contributed by atoms with Gasteiger partial charge >= 0.3 is 0 Å². The van der Waals surface area contributed by atoms with E-state index in [1.54, 1.807) is 13.2 Å². The lowest BCUT2D eigenvalue weighted by atomic mass is 10.1. The van der Waals surface area contributed by atoms with Crippen LogP contribution < -0.4 is 4.74 Å². The number of nitrogens with zero attached hydrogens (tertiary/aromatic N) is 3. The molecule has 0 amide bonds. The molecule has 0 unspecified atom stereocenters. The highest BCUT2D eigenvalue weighted by molar-refractivity contribution is 7.99. The van der Waals surface area contributed by atoms with Crippen molar-refractivity contribution in [3.05, 3.63) is 84.9 Å². The van der Waals surface area contributed by atoms with E-state index in [0.29, 0.717) is 17.3 Å². The molecular weight excluding hydrogens is 394 g/mol. The molecule has 0 fully saturated rings. The zero-order valence-corrected chi connectivity index (χ0v) is 17.4. The van der Waals surface area contributed by atoms with Crippen LogP contribution in [0.25, 0.3) is 22.2 Å². The third-order valence-electron chi connectivity index (χ3n) is 4.76. The average molecular weight is 416 g/mol. The van der Waals surface area contributed by atoms with Gasteiger partial charge in [-0.25, -0.2) is 0 Å². The van der Waals surface area contributed by atoms with Gasteiger partial charge in [0.05, 0.1) is 12.9 Å². The number of ketones is 1. The fourth-order valence-electron chi connectivity index (χ4n) is 3.24. The van der Waals surface area contributed by atoms with E-state index in [0.717, 1.165) is 27.9 Å². The molecular formula is C24H21N3O2S. The van der Waals surface area contributed by atoms with E-state index in [9.17, 15) is 4.79 Å². The standard InChI is InChI=1S/C24H21N3O2S/c1-3-13-27-23(20-9-6-10-21(15-20)29-2)25-26-24(27)30-16-22(28)19-12-11-17-7-4-5-8-18(17)14-19/h3-12,14-15H,1,13,16H2,2H3. The van der Waals surface area contributed by atoms with Crippen molar-refractivity contribution in [2.24, 2.45) is 0 Å². The van der Waals surface area contributed by atoms with Gasteiger partial charge in [-0.05, 0) is 29.0 Å². The molecule has 4 aromatic rings. The minimum Gasteiger partial charge on any atom is -0.497 e. The van der Waals surface area contributed by atoms with E-state index in [1.807, 2.05) is 71.3 Å². The van der Waals surface area contributed by atoms with Crippen LogP contribution in [0, 0.1) is 0 Å². The van der Waals surface area contributed by atoms with Gasteiger partial charge in [0.1, 0.15) is 5.75 Å². The highest BCUT2D eigenvalue weighted by Gasteiger charge is 2.16. The molecule has 0 atom stereocenters. The van der Waals surface area contributed by atoms with Crippen LogP contribution >= 0.6 is 11.8 Å². The Bertz CT molecular complexity index is 1220. The largest absolute Gasteiger partial charge is 0.497 e. The van der Waals surface area contributed by atoms with Gasteiger partial charge in [-0.3, -0.25) is 9.36 Å². The summed E-state index contributed by atoms with van der Waals surface area (Å²) in [6.45, 7) is 4.39. The first-order chi connectivity index (χ1) is 14.7. The number of carbonyl (C=O) groups is 1. The molecule has 0 aliphatic rings. The average Bonchev–Trinajstić information content (AvgIpc) is 3.20. The Morgan fingerprint density at radius 3 is 2.70 bits per heavy atom. The van der Waals surface area contributed by atoms with Gasteiger partial charge in [0.15, 0.2) is 16.8 Å². The van der Waals surface area contributed by atoms with Crippen molar-refractivity contribution in [1.82, 2.24) is 14.8 Å². The van der Waals surface area contributed by atoms with Gasteiger partial charge < -0.3 is 4.74 Å². The number of aromatic nitrogens is 3. The van der Waals surface area contributed by atoms with Gasteiger partial charge in [-0.2, -0.15) is 0 Å². The summed E-state index contributed by atoms with van der Waals surface area (Å²) < 4.78 is 7.27. The van der Waals surface area contributed by atoms with Crippen LogP contribution in [0.15, 0.2) is 84.5 Å². The second kappa shape index (κ2) is 8.97. The first kappa shape index (κ1) is 19.9. The molecule has 0 aliphatic heterocycles. The predicted molar refractivity (Wildman–Crippen MR) is 121 cm³/mol. The molecule has 4 rings (SSSR count). The third kappa shape index (κ3) is 4.14. The summed E-state index contributed by atoms with van der Waals surface area (Å²) in [6.07, 6.45) is 1.79. The molecule has 6 heteroatoms. The maximum atomic E-state index is 12.8. The Labute approximate surface area is 179 Å². The lowest BCUT2D eigenvalue weighted by molar-refractivity contribution is 0.102. The molecule has 1 heterocycles. The second-order valence-corrected chi connectivity index (χ2v) is 7.65. The number of hydrogen-bond donors (Lipinski definition) is 0. The zero-order chi connectivity index (χ0) is 20.9. The summed E-state index contributed by atoms with van der Waals surface area (Å²) in [7, 11) is 1.63. The minimum atomic E-state index is 0.0573. The summed E-state index contributed by atoms with van der Waals surface area (Å²) in [5.74, 6) is 1.81. The minimum absolute atomic E-state index is 0.0573. The molecule has 5 nitrogen and oxygen atoms in total. The highest BCUT2D eigenvalue weighted by Crippen LogP contribution is 2.27. The van der Waals surface area contributed by atoms with E-state index >= 15 is 0 Å². The van der Waals surface area contributed by atoms with Crippen LogP contribution in [0.4, 0.5) is 0 Å². The first-order valence-corrected chi connectivity index (χ1v) is 10.5. The maximum Gasteiger partial charge on any atom is 0.192 e. The zero-order valence-electron chi connectivity index (χ0n) is 16.6. The quantitative estimate of drug-likeness (QED) is 0.223. The molecule has 0 bridgehead atoms. The molecule has 0 spiro atoms. The predicted octanol–water partition coefficient (Wildman–Crippen LogP) is 5.27. The number of ether oxygens (including phenoxy) is 1. The van der Waals surface area contributed by atoms with Gasteiger partial charge in [0, 0.05) is 17.7 Å². The highest BCUT2D eigenvalue weighted by atomic mass is 32.2. The number of Topliss-reactive ketones (excluding diaryl/α,β-unsaturated/α-hetero) is 1. The van der Waals surface area contributed by atoms with Crippen molar-refractivity contribution in [3.8, 4) is 17.1 Å². The molecule has 0 saturated carbocycles. The van der Waals surface area contributed by atoms with Gasteiger partial charge in [-0.15, -0.1) is 16.8 Å². The Morgan fingerprint density at radius 2 is 1.90 bits per heavy atom. The SMILES string of the molecule is C=CCn1c(SCC(=O)c2ccc3ccccc3c2)nnc1-c1cccc(OC)c1. The summed E-state index contributed by atoms with van der Waals surface area (Å²) in [5.41, 5.74) is 1.60. The van der Waals surface area contributed by atoms with Gasteiger partial charge in [0.25, 0.3) is 0 Å². The van der Waals surface area contributed by atoms with Crippen molar-refractivity contribution < 1.29 is 9.53 Å². The molecule has 0 saturated heterocycles. The second-order valence-electron chi connectivity index (χ2n) is 6.71. The number of rotatable bonds is 8. The summed E-state index contributed by atoms with van der Waals surface area (Å²) in [6, 6.07) is 21.5. The molecule has 0 N–H and O–H groups in total. The van der Waals surface area contributed by atoms with Crippen LogP contribution in [0.3, 0.4) is 0 Å². The topological polar surface area (TPSA) is 57.0 Å². The van der Waals surface area contributed by atoms with Crippen LogP contribution in [-0.4, -0.2) is 33.4 Å². The fraction of sp³-hybridized carbons (Fsp3) is 0.125. The number of benzene rings is 3. The maximum absolute atomic E-state index is 12.8. The lowest BCUT2D eigenvalue weighted by Gasteiger charge is -2.09. The normalized spacial score (nSPS) is 10.8. The number of carbonyl (C=O) groups excluding carboxylic acids is 1. The Morgan fingerprint density at radius 1 is 1.07 bits per heavy atom. The molecule has 0 radical (unpaired) electrons. The Hall–Kier alpha value is -3.38. The van der Waals surface area contributed by atoms with Crippen molar-refractivity contribution >= 4 is 28.3 Å². The molecule has 1 aromatic heterocycles. The van der Waals surface area contributed by atoms with Crippen LogP contribution in [0.5, 0.6) is 5.75 Å². The van der Waals surface area contributed by atoms with E-state index < -0.39 is 0 Å².